The summed E-state index contributed by atoms with van der Waals surface area (Å²) in [5.41, 5.74) is 6.22. The SMILES string of the molecule is COC[C@@H]1CCCN1C[C@@H]1C[C@H](c2ccc(CO)cc2)O[C@H](c2cccc(-c3cccc(CNC(=O)NC45CC6CC(CC(C6)C4)C5)c3)c2)O1. The number of ether oxygens (including phenoxy) is 3. The topological polar surface area (TPSA) is 92.3 Å². The molecule has 4 atom stereocenters. The lowest BCUT2D eigenvalue weighted by Gasteiger charge is -2.56. The molecule has 6 aliphatic rings. The fourth-order valence-electron chi connectivity index (χ4n) is 10.3. The predicted molar refractivity (Wildman–Crippen MR) is 193 cm³/mol. The first-order chi connectivity index (χ1) is 24.4. The van der Waals surface area contributed by atoms with Gasteiger partial charge in [-0.2, -0.15) is 0 Å². The Balaban J connectivity index is 0.955. The molecule has 3 aromatic carbocycles. The Hall–Kier alpha value is -3.27. The standard InChI is InChI=1S/C42H53N3O5/c1-48-27-37-9-4-14-45(37)25-38-20-39(33-12-10-28(26-46)11-13-33)50-40(49-38)36-8-3-7-35(19-36)34-6-2-5-29(18-34)24-43-41(47)44-42-21-30-15-31(22-42)17-32(16-30)23-42/h2-3,5-8,10-13,18-19,30-32,37-40,46H,4,9,14-17,20-27H2,1H3,(H2,43,44,47)/t30?,31?,32?,37-,38-,39+,40+,42?/m0/s1. The third-order valence-electron chi connectivity index (χ3n) is 12.2. The number of nitrogens with one attached hydrogen (secondary N) is 2. The van der Waals surface area contributed by atoms with E-state index in [1.807, 2.05) is 12.1 Å². The van der Waals surface area contributed by atoms with E-state index in [9.17, 15) is 9.90 Å². The van der Waals surface area contributed by atoms with Crippen LogP contribution in [-0.4, -0.2) is 60.5 Å². The van der Waals surface area contributed by atoms with Gasteiger partial charge in [-0.1, -0.05) is 60.7 Å². The minimum Gasteiger partial charge on any atom is -0.392 e. The van der Waals surface area contributed by atoms with Crippen LogP contribution in [0.5, 0.6) is 0 Å². The zero-order chi connectivity index (χ0) is 34.1. The van der Waals surface area contributed by atoms with Crippen LogP contribution in [0.4, 0.5) is 4.79 Å². The van der Waals surface area contributed by atoms with Crippen LogP contribution < -0.4 is 10.6 Å². The number of hydrogen-bond donors (Lipinski definition) is 3. The third kappa shape index (κ3) is 7.51. The molecule has 2 heterocycles. The first-order valence-corrected chi connectivity index (χ1v) is 18.9. The molecule has 0 spiro atoms. The van der Waals surface area contributed by atoms with Crippen molar-refractivity contribution in [2.45, 2.75) is 101 Å². The van der Waals surface area contributed by atoms with Crippen LogP contribution in [0.2, 0.25) is 0 Å². The van der Waals surface area contributed by atoms with Gasteiger partial charge in [0.25, 0.3) is 0 Å². The summed E-state index contributed by atoms with van der Waals surface area (Å²) in [5.74, 6) is 2.39. The number of nitrogens with zero attached hydrogens (tertiary/aromatic N) is 1. The Morgan fingerprint density at radius 3 is 2.32 bits per heavy atom. The first kappa shape index (κ1) is 33.9. The van der Waals surface area contributed by atoms with Gasteiger partial charge in [0.05, 0.1) is 25.4 Å². The summed E-state index contributed by atoms with van der Waals surface area (Å²) in [6, 6.07) is 25.4. The molecule has 50 heavy (non-hydrogen) atoms. The average molecular weight is 680 g/mol. The van der Waals surface area contributed by atoms with Crippen molar-refractivity contribution in [2.75, 3.05) is 26.8 Å². The lowest BCUT2D eigenvalue weighted by molar-refractivity contribution is -0.253. The van der Waals surface area contributed by atoms with Crippen molar-refractivity contribution in [1.82, 2.24) is 15.5 Å². The fraction of sp³-hybridized carbons (Fsp3) is 0.548. The third-order valence-corrected chi connectivity index (χ3v) is 12.2. The van der Waals surface area contributed by atoms with Gasteiger partial charge in [0.2, 0.25) is 0 Å². The van der Waals surface area contributed by atoms with Gasteiger partial charge in [0, 0.05) is 43.8 Å². The van der Waals surface area contributed by atoms with Crippen LogP contribution >= 0.6 is 0 Å². The van der Waals surface area contributed by atoms with Crippen molar-refractivity contribution in [3.05, 3.63) is 95.1 Å². The van der Waals surface area contributed by atoms with Crippen molar-refractivity contribution < 1.29 is 24.1 Å². The van der Waals surface area contributed by atoms with Crippen molar-refractivity contribution in [2.24, 2.45) is 17.8 Å². The highest BCUT2D eigenvalue weighted by molar-refractivity contribution is 5.75. The largest absolute Gasteiger partial charge is 0.392 e. The van der Waals surface area contributed by atoms with Crippen LogP contribution in [0.3, 0.4) is 0 Å². The number of carbonyl (C=O) groups excluding carboxylic acids is 1. The Morgan fingerprint density at radius 1 is 0.880 bits per heavy atom. The van der Waals surface area contributed by atoms with Crippen LogP contribution in [0.15, 0.2) is 72.8 Å². The monoisotopic (exact) mass is 679 g/mol. The summed E-state index contributed by atoms with van der Waals surface area (Å²) in [7, 11) is 1.78. The molecule has 0 unspecified atom stereocenters. The molecule has 4 saturated carbocycles. The minimum atomic E-state index is -0.516. The number of methoxy groups -OCH3 is 1. The summed E-state index contributed by atoms with van der Waals surface area (Å²) >= 11 is 0. The van der Waals surface area contributed by atoms with E-state index >= 15 is 0 Å². The Morgan fingerprint density at radius 2 is 1.60 bits per heavy atom. The van der Waals surface area contributed by atoms with Crippen LogP contribution in [-0.2, 0) is 27.4 Å². The maximum absolute atomic E-state index is 13.2. The molecule has 2 amide bonds. The Labute approximate surface area is 296 Å². The van der Waals surface area contributed by atoms with E-state index < -0.39 is 6.29 Å². The number of likely N-dealkylation sites (tertiary alicyclic amines) is 1. The van der Waals surface area contributed by atoms with Crippen molar-refractivity contribution in [1.29, 1.82) is 0 Å². The van der Waals surface area contributed by atoms with E-state index in [2.05, 4.69) is 76.2 Å². The smallest absolute Gasteiger partial charge is 0.315 e. The lowest BCUT2D eigenvalue weighted by Crippen LogP contribution is -2.61. The van der Waals surface area contributed by atoms with Crippen LogP contribution in [0, 0.1) is 17.8 Å². The molecule has 8 heteroatoms. The average Bonchev–Trinajstić information content (AvgIpc) is 3.56. The van der Waals surface area contributed by atoms with Crippen molar-refractivity contribution in [3.8, 4) is 11.1 Å². The van der Waals surface area contributed by atoms with Gasteiger partial charge < -0.3 is 30.0 Å². The van der Waals surface area contributed by atoms with E-state index in [4.69, 9.17) is 14.2 Å². The molecule has 4 aliphatic carbocycles. The number of aliphatic hydroxyl groups excluding tert-OH is 1. The van der Waals surface area contributed by atoms with Gasteiger partial charge in [0.1, 0.15) is 0 Å². The molecular weight excluding hydrogens is 626 g/mol. The highest BCUT2D eigenvalue weighted by atomic mass is 16.7. The number of urea groups is 1. The molecule has 2 aliphatic heterocycles. The molecule has 0 aromatic heterocycles. The van der Waals surface area contributed by atoms with E-state index in [-0.39, 0.29) is 30.4 Å². The zero-order valence-electron chi connectivity index (χ0n) is 29.4. The molecule has 266 valence electrons. The quantitative estimate of drug-likeness (QED) is 0.198. The maximum Gasteiger partial charge on any atom is 0.315 e. The molecule has 2 saturated heterocycles. The fourth-order valence-corrected chi connectivity index (χ4v) is 10.3. The van der Waals surface area contributed by atoms with Gasteiger partial charge >= 0.3 is 6.03 Å². The number of hydrogen-bond acceptors (Lipinski definition) is 6. The van der Waals surface area contributed by atoms with Gasteiger partial charge in [-0.15, -0.1) is 0 Å². The second-order valence-electron chi connectivity index (χ2n) is 15.9. The predicted octanol–water partition coefficient (Wildman–Crippen LogP) is 7.27. The number of amides is 2. The van der Waals surface area contributed by atoms with E-state index in [0.29, 0.717) is 12.6 Å². The molecule has 9 rings (SSSR count). The van der Waals surface area contributed by atoms with Gasteiger partial charge in [-0.05, 0) is 116 Å². The van der Waals surface area contributed by atoms with Gasteiger partial charge in [-0.3, -0.25) is 4.90 Å². The Kier molecular flexibility index (Phi) is 9.99. The van der Waals surface area contributed by atoms with Gasteiger partial charge in [0.15, 0.2) is 6.29 Å². The van der Waals surface area contributed by atoms with E-state index in [1.54, 1.807) is 7.11 Å². The molecule has 3 N–H and O–H groups in total. The van der Waals surface area contributed by atoms with Crippen molar-refractivity contribution >= 4 is 6.03 Å². The summed E-state index contributed by atoms with van der Waals surface area (Å²) < 4.78 is 19.0. The minimum absolute atomic E-state index is 0.00337. The number of carbonyl (C=O) groups is 1. The summed E-state index contributed by atoms with van der Waals surface area (Å²) in [5, 5.41) is 16.2. The highest BCUT2D eigenvalue weighted by Gasteiger charge is 2.51. The van der Waals surface area contributed by atoms with Crippen LogP contribution in [0.1, 0.15) is 92.4 Å². The number of aliphatic hydroxyl groups is 1. The summed E-state index contributed by atoms with van der Waals surface area (Å²) in [4.78, 5) is 15.7. The lowest BCUT2D eigenvalue weighted by atomic mass is 9.53. The second kappa shape index (κ2) is 14.8. The highest BCUT2D eigenvalue weighted by Crippen LogP contribution is 2.55. The number of rotatable bonds is 11. The molecule has 3 aromatic rings. The van der Waals surface area contributed by atoms with E-state index in [0.717, 1.165) is 103 Å². The molecule has 0 radical (unpaired) electrons. The Bertz CT molecular complexity index is 1590. The van der Waals surface area contributed by atoms with Crippen molar-refractivity contribution in [3.63, 3.8) is 0 Å². The zero-order valence-corrected chi connectivity index (χ0v) is 29.4. The number of benzene rings is 3. The van der Waals surface area contributed by atoms with Gasteiger partial charge in [-0.25, -0.2) is 4.79 Å². The van der Waals surface area contributed by atoms with Crippen LogP contribution in [0.25, 0.3) is 11.1 Å². The second-order valence-corrected chi connectivity index (χ2v) is 15.9. The summed E-state index contributed by atoms with van der Waals surface area (Å²) in [6.45, 7) is 3.14. The maximum atomic E-state index is 13.2. The normalized spacial score (nSPS) is 31.9. The molecular formula is C42H53N3O5. The molecule has 4 bridgehead atoms. The molecule has 6 fully saturated rings. The molecule has 8 nitrogen and oxygen atoms in total. The summed E-state index contributed by atoms with van der Waals surface area (Å²) in [6.07, 6.45) is 9.98. The first-order valence-electron chi connectivity index (χ1n) is 18.9. The van der Waals surface area contributed by atoms with E-state index in [1.165, 1.54) is 25.7 Å².